The van der Waals surface area contributed by atoms with Crippen LogP contribution in [-0.4, -0.2) is 57.4 Å². The third-order valence-electron chi connectivity index (χ3n) is 9.34. The number of hydrogen-bond acceptors (Lipinski definition) is 7. The molecule has 2 aromatic rings. The number of aryl methyl sites for hydroxylation is 1. The lowest BCUT2D eigenvalue weighted by Crippen LogP contribution is -2.49. The van der Waals surface area contributed by atoms with E-state index in [0.717, 1.165) is 32.1 Å². The number of sulfonamides is 1. The van der Waals surface area contributed by atoms with E-state index in [0.29, 0.717) is 36.2 Å². The van der Waals surface area contributed by atoms with E-state index >= 15 is 0 Å². The van der Waals surface area contributed by atoms with Crippen LogP contribution in [0.4, 0.5) is 5.69 Å². The van der Waals surface area contributed by atoms with Crippen LogP contribution in [0.15, 0.2) is 53.4 Å². The van der Waals surface area contributed by atoms with Crippen molar-refractivity contribution < 1.29 is 27.8 Å². The quantitative estimate of drug-likeness (QED) is 0.433. The van der Waals surface area contributed by atoms with Gasteiger partial charge in [-0.25, -0.2) is 13.1 Å². The second-order valence-corrected chi connectivity index (χ2v) is 14.5. The van der Waals surface area contributed by atoms with Gasteiger partial charge < -0.3 is 19.5 Å². The number of fused-ring (bicyclic) bond motifs is 4. The lowest BCUT2D eigenvalue weighted by Gasteiger charge is -2.45. The summed E-state index contributed by atoms with van der Waals surface area (Å²) in [7, 11) is -4.18. The van der Waals surface area contributed by atoms with E-state index in [1.165, 1.54) is 31.0 Å². The molecule has 1 fully saturated rings. The van der Waals surface area contributed by atoms with Gasteiger partial charge in [0.25, 0.3) is 15.9 Å². The minimum atomic E-state index is -4.18. The molecule has 6 rings (SSSR count). The van der Waals surface area contributed by atoms with Crippen LogP contribution in [-0.2, 0) is 31.4 Å². The average Bonchev–Trinajstić information content (AvgIpc) is 3.05. The van der Waals surface area contributed by atoms with E-state index in [2.05, 4.69) is 15.7 Å². The molecular weight excluding hydrogens is 564 g/mol. The monoisotopic (exact) mass is 600 g/mol. The number of halogens is 1. The number of amides is 1. The highest BCUT2D eigenvalue weighted by molar-refractivity contribution is 7.90. The van der Waals surface area contributed by atoms with Crippen LogP contribution in [0.3, 0.4) is 0 Å². The Hall–Kier alpha value is -2.59. The Morgan fingerprint density at radius 2 is 1.98 bits per heavy atom. The van der Waals surface area contributed by atoms with Crippen LogP contribution < -0.4 is 14.4 Å². The first-order valence-electron chi connectivity index (χ1n) is 14.3. The number of anilines is 1. The fraction of sp³-hybridized carbons (Fsp3) is 0.516. The number of benzene rings is 2. The first kappa shape index (κ1) is 28.5. The summed E-state index contributed by atoms with van der Waals surface area (Å²) in [5, 5.41) is 11.7. The summed E-state index contributed by atoms with van der Waals surface area (Å²) in [5.41, 5.74) is 1.43. The van der Waals surface area contributed by atoms with Crippen molar-refractivity contribution in [1.82, 2.24) is 4.72 Å². The van der Waals surface area contributed by atoms with Crippen LogP contribution in [0, 0.1) is 11.8 Å². The maximum atomic E-state index is 13.4. The van der Waals surface area contributed by atoms with Crippen LogP contribution in [0.2, 0.25) is 5.02 Å². The minimum Gasteiger partial charge on any atom is -0.490 e. The fourth-order valence-electron chi connectivity index (χ4n) is 6.78. The van der Waals surface area contributed by atoms with Crippen LogP contribution in [0.25, 0.3) is 0 Å². The molecule has 10 heteroatoms. The number of nitrogens with one attached hydrogen (secondary N) is 1. The van der Waals surface area contributed by atoms with E-state index in [4.69, 9.17) is 21.1 Å². The molecule has 0 saturated heterocycles. The lowest BCUT2D eigenvalue weighted by molar-refractivity contribution is -0.139. The third-order valence-corrected chi connectivity index (χ3v) is 10.9. The Balaban J connectivity index is 1.44. The zero-order valence-electron chi connectivity index (χ0n) is 23.4. The predicted molar refractivity (Wildman–Crippen MR) is 157 cm³/mol. The molecule has 220 valence electrons. The summed E-state index contributed by atoms with van der Waals surface area (Å²) < 4.78 is 41.2. The molecule has 1 saturated carbocycles. The normalized spacial score (nSPS) is 31.5. The Labute approximate surface area is 246 Å². The van der Waals surface area contributed by atoms with Crippen molar-refractivity contribution in [2.24, 2.45) is 11.8 Å². The van der Waals surface area contributed by atoms with E-state index in [-0.39, 0.29) is 28.8 Å². The van der Waals surface area contributed by atoms with Gasteiger partial charge in [-0.1, -0.05) is 29.8 Å². The zero-order chi connectivity index (χ0) is 29.0. The molecule has 2 aliphatic heterocycles. The van der Waals surface area contributed by atoms with Gasteiger partial charge >= 0.3 is 0 Å². The molecule has 0 unspecified atom stereocenters. The highest BCUT2D eigenvalue weighted by atomic mass is 35.5. The van der Waals surface area contributed by atoms with E-state index in [1.807, 2.05) is 12.1 Å². The SMILES string of the molecule is CC1(C)OC/C=C/[C@@H](O)[C@@H]2CC[C@H]2CN2C[C@@]3(CCCc4cc(Cl)ccc43)COc3ccc(cc32)S(=O)(=O)NC1=O. The number of rotatable bonds is 0. The Morgan fingerprint density at radius 1 is 1.15 bits per heavy atom. The zero-order valence-corrected chi connectivity index (χ0v) is 25.0. The fourth-order valence-corrected chi connectivity index (χ4v) is 8.10. The number of ether oxygens (including phenoxy) is 2. The second kappa shape index (κ2) is 10.6. The standard InChI is InChI=1S/C31H37ClN2O6S/c1-30(2)29(36)33-41(37,38)23-9-12-28-26(16-23)34(17-21-7-10-24(21)27(35)6-4-14-40-30)18-31(19-39-28)13-3-5-20-15-22(32)8-11-25(20)31/h4,6,8-9,11-12,15-16,21,24,27,35H,3,5,7,10,13-14,17-19H2,1-2H3,(H,33,36)/b6-4+/t21-,24+,27+,31-/m0/s1. The van der Waals surface area contributed by atoms with Crippen molar-refractivity contribution in [1.29, 1.82) is 0 Å². The van der Waals surface area contributed by atoms with Gasteiger partial charge in [0.05, 0.1) is 29.9 Å². The number of aliphatic hydroxyl groups is 1. The van der Waals surface area contributed by atoms with Gasteiger partial charge in [-0.3, -0.25) is 4.79 Å². The topological polar surface area (TPSA) is 105 Å². The molecule has 0 aromatic heterocycles. The van der Waals surface area contributed by atoms with Crippen molar-refractivity contribution in [2.75, 3.05) is 31.2 Å². The highest BCUT2D eigenvalue weighted by Gasteiger charge is 2.44. The first-order valence-corrected chi connectivity index (χ1v) is 16.2. The summed E-state index contributed by atoms with van der Waals surface area (Å²) in [4.78, 5) is 15.2. The Kier molecular flexibility index (Phi) is 7.37. The molecule has 2 aromatic carbocycles. The van der Waals surface area contributed by atoms with Crippen molar-refractivity contribution in [2.45, 2.75) is 68.0 Å². The molecule has 2 heterocycles. The summed E-state index contributed by atoms with van der Waals surface area (Å²) in [5.74, 6) is 0.131. The molecule has 2 bridgehead atoms. The number of carbonyl (C=O) groups is 1. The third kappa shape index (κ3) is 5.38. The van der Waals surface area contributed by atoms with E-state index in [9.17, 15) is 18.3 Å². The minimum absolute atomic E-state index is 0.0158. The number of nitrogens with zero attached hydrogens (tertiary/aromatic N) is 1. The molecule has 2 aliphatic carbocycles. The molecule has 0 radical (unpaired) electrons. The van der Waals surface area contributed by atoms with Gasteiger partial charge in [0.15, 0.2) is 0 Å². The van der Waals surface area contributed by atoms with Crippen LogP contribution in [0.5, 0.6) is 5.75 Å². The van der Waals surface area contributed by atoms with Crippen LogP contribution in [0.1, 0.15) is 50.7 Å². The maximum Gasteiger partial charge on any atom is 0.265 e. The van der Waals surface area contributed by atoms with Crippen molar-refractivity contribution in [3.05, 3.63) is 64.7 Å². The van der Waals surface area contributed by atoms with Gasteiger partial charge in [-0.15, -0.1) is 0 Å². The molecule has 4 aliphatic rings. The number of aliphatic hydroxyl groups excluding tert-OH is 1. The highest BCUT2D eigenvalue weighted by Crippen LogP contribution is 2.47. The van der Waals surface area contributed by atoms with Crippen molar-refractivity contribution in [3.8, 4) is 5.75 Å². The Morgan fingerprint density at radius 3 is 2.76 bits per heavy atom. The van der Waals surface area contributed by atoms with Crippen molar-refractivity contribution >= 4 is 33.2 Å². The van der Waals surface area contributed by atoms with Crippen molar-refractivity contribution in [3.63, 3.8) is 0 Å². The van der Waals surface area contributed by atoms with E-state index < -0.39 is 27.6 Å². The summed E-state index contributed by atoms with van der Waals surface area (Å²) >= 11 is 6.37. The smallest absolute Gasteiger partial charge is 0.265 e. The molecule has 1 spiro atoms. The average molecular weight is 601 g/mol. The molecule has 2 N–H and O–H groups in total. The summed E-state index contributed by atoms with van der Waals surface area (Å²) in [6.45, 7) is 4.86. The van der Waals surface area contributed by atoms with Gasteiger partial charge in [0.2, 0.25) is 0 Å². The first-order chi connectivity index (χ1) is 19.5. The maximum absolute atomic E-state index is 13.4. The molecule has 1 amide bonds. The van der Waals surface area contributed by atoms with Gasteiger partial charge in [0, 0.05) is 23.5 Å². The largest absolute Gasteiger partial charge is 0.490 e. The predicted octanol–water partition coefficient (Wildman–Crippen LogP) is 4.37. The van der Waals surface area contributed by atoms with Gasteiger partial charge in [0.1, 0.15) is 11.4 Å². The molecule has 4 atom stereocenters. The van der Waals surface area contributed by atoms with Gasteiger partial charge in [-0.2, -0.15) is 0 Å². The summed E-state index contributed by atoms with van der Waals surface area (Å²) in [6, 6.07) is 10.9. The number of hydrogen-bond donors (Lipinski definition) is 2. The second-order valence-electron chi connectivity index (χ2n) is 12.4. The molecule has 41 heavy (non-hydrogen) atoms. The molecular formula is C31H37ClN2O6S. The lowest BCUT2D eigenvalue weighted by atomic mass is 9.68. The van der Waals surface area contributed by atoms with Crippen LogP contribution >= 0.6 is 11.6 Å². The molecule has 8 nitrogen and oxygen atoms in total. The Bertz CT molecular complexity index is 1490. The van der Waals surface area contributed by atoms with Gasteiger partial charge in [-0.05, 0) is 99.2 Å². The number of carbonyl (C=O) groups excluding carboxylic acids is 1. The summed E-state index contributed by atoms with van der Waals surface area (Å²) in [6.07, 6.45) is 7.56. The van der Waals surface area contributed by atoms with E-state index in [1.54, 1.807) is 24.3 Å².